The Kier molecular flexibility index (Phi) is 66.6. The lowest BCUT2D eigenvalue weighted by Gasteiger charge is -2.21. The van der Waals surface area contributed by atoms with Crippen LogP contribution in [0, 0.1) is 0 Å². The van der Waals surface area contributed by atoms with Crippen LogP contribution in [0.1, 0.15) is 310 Å². The summed E-state index contributed by atoms with van der Waals surface area (Å²) in [6, 6.07) is 0. The standard InChI is InChI=1S/C77H134O17P2/c1-5-9-13-17-21-25-29-33-35-39-42-46-50-54-58-62-75(80)88-68-73(94-77(82)64-60-56-52-48-44-40-36-34-30-26-22-18-14-10-6-2)70-92-96(85,86)90-66-71(78)65-89-95(83,84)91-69-72(93-76(81)63-59-55-51-47-43-38-32-28-24-20-16-12-8-4)67-87-74(79)61-57-53-49-45-41-37-31-27-23-19-15-11-7-3/h9,13,15,19,21,25,27-28,31-33,35,42,46,54,58,71-73,78H,5-8,10-12,14,16-18,20,22-24,26,29-30,34,36-41,43-45,47-53,55-57,59-70H2,1-4H3,(H,83,84)(H,85,86)/b13-9-,19-15-,25-21-,31-27-,32-28-,35-33-,46-42-,58-54-. The van der Waals surface area contributed by atoms with E-state index in [0.29, 0.717) is 25.7 Å². The van der Waals surface area contributed by atoms with E-state index in [1.807, 2.05) is 18.2 Å². The fraction of sp³-hybridized carbons (Fsp3) is 0.740. The minimum absolute atomic E-state index is 0.0689. The molecule has 3 N–H and O–H groups in total. The normalized spacial score (nSPS) is 14.5. The van der Waals surface area contributed by atoms with Gasteiger partial charge in [0.25, 0.3) is 0 Å². The van der Waals surface area contributed by atoms with Gasteiger partial charge in [0.15, 0.2) is 12.2 Å². The zero-order chi connectivity index (χ0) is 70.4. The highest BCUT2D eigenvalue weighted by Gasteiger charge is 2.30. The second-order valence-corrected chi connectivity index (χ2v) is 27.8. The predicted octanol–water partition coefficient (Wildman–Crippen LogP) is 21.2. The largest absolute Gasteiger partial charge is 0.472 e. The molecule has 17 nitrogen and oxygen atoms in total. The number of aliphatic hydroxyl groups is 1. The Balaban J connectivity index is 5.40. The molecule has 0 saturated heterocycles. The molecule has 5 atom stereocenters. The lowest BCUT2D eigenvalue weighted by atomic mass is 10.0. The highest BCUT2D eigenvalue weighted by Crippen LogP contribution is 2.45. The van der Waals surface area contributed by atoms with Crippen molar-refractivity contribution in [3.8, 4) is 0 Å². The zero-order valence-corrected chi connectivity index (χ0v) is 62.1. The van der Waals surface area contributed by atoms with E-state index < -0.39 is 97.5 Å². The smallest absolute Gasteiger partial charge is 0.462 e. The molecule has 5 unspecified atom stereocenters. The molecular formula is C77H134O17P2. The Morgan fingerprint density at radius 1 is 0.312 bits per heavy atom. The maximum atomic E-state index is 13.1. The monoisotopic (exact) mass is 1390 g/mol. The first-order valence-electron chi connectivity index (χ1n) is 37.5. The fourth-order valence-electron chi connectivity index (χ4n) is 9.86. The van der Waals surface area contributed by atoms with Gasteiger partial charge in [-0.05, 0) is 103 Å². The summed E-state index contributed by atoms with van der Waals surface area (Å²) in [5, 5.41) is 10.6. The molecule has 0 aliphatic heterocycles. The molecule has 0 aliphatic rings. The highest BCUT2D eigenvalue weighted by atomic mass is 31.2. The van der Waals surface area contributed by atoms with Gasteiger partial charge in [-0.2, -0.15) is 0 Å². The van der Waals surface area contributed by atoms with Crippen molar-refractivity contribution < 1.29 is 80.2 Å². The second-order valence-electron chi connectivity index (χ2n) is 24.9. The van der Waals surface area contributed by atoms with E-state index in [1.54, 1.807) is 6.08 Å². The molecule has 0 aromatic rings. The number of hydrogen-bond acceptors (Lipinski definition) is 15. The lowest BCUT2D eigenvalue weighted by Crippen LogP contribution is -2.30. The van der Waals surface area contributed by atoms with Crippen molar-refractivity contribution in [1.29, 1.82) is 0 Å². The summed E-state index contributed by atoms with van der Waals surface area (Å²) < 4.78 is 68.3. The number of hydrogen-bond donors (Lipinski definition) is 3. The summed E-state index contributed by atoms with van der Waals surface area (Å²) in [7, 11) is -9.97. The summed E-state index contributed by atoms with van der Waals surface area (Å²) >= 11 is 0. The van der Waals surface area contributed by atoms with Gasteiger partial charge < -0.3 is 33.8 Å². The highest BCUT2D eigenvalue weighted by molar-refractivity contribution is 7.47. The first-order chi connectivity index (χ1) is 46.7. The summed E-state index contributed by atoms with van der Waals surface area (Å²) in [4.78, 5) is 72.7. The lowest BCUT2D eigenvalue weighted by molar-refractivity contribution is -0.161. The molecule has 0 fully saturated rings. The molecule has 554 valence electrons. The fourth-order valence-corrected chi connectivity index (χ4v) is 11.4. The topological polar surface area (TPSA) is 237 Å². The number of allylic oxidation sites excluding steroid dienone is 15. The van der Waals surface area contributed by atoms with Crippen LogP contribution in [0.15, 0.2) is 97.2 Å². The molecule has 19 heteroatoms. The third-order valence-corrected chi connectivity index (χ3v) is 17.4. The van der Waals surface area contributed by atoms with E-state index in [0.717, 1.165) is 141 Å². The number of carbonyl (C=O) groups is 4. The third kappa shape index (κ3) is 68.5. The van der Waals surface area contributed by atoms with Crippen LogP contribution in [-0.4, -0.2) is 96.7 Å². The zero-order valence-electron chi connectivity index (χ0n) is 60.3. The molecule has 0 aliphatic carbocycles. The van der Waals surface area contributed by atoms with Gasteiger partial charge >= 0.3 is 39.5 Å². The number of rotatable bonds is 70. The number of ether oxygens (including phenoxy) is 4. The van der Waals surface area contributed by atoms with Crippen LogP contribution in [0.3, 0.4) is 0 Å². The summed E-state index contributed by atoms with van der Waals surface area (Å²) in [6.45, 7) is 4.56. The van der Waals surface area contributed by atoms with Gasteiger partial charge in [-0.3, -0.25) is 37.3 Å². The minimum Gasteiger partial charge on any atom is -0.462 e. The van der Waals surface area contributed by atoms with Crippen molar-refractivity contribution in [3.05, 3.63) is 97.2 Å². The van der Waals surface area contributed by atoms with E-state index in [-0.39, 0.29) is 25.7 Å². The maximum Gasteiger partial charge on any atom is 0.472 e. The number of carbonyl (C=O) groups excluding carboxylic acids is 4. The van der Waals surface area contributed by atoms with Crippen LogP contribution in [0.5, 0.6) is 0 Å². The number of esters is 4. The van der Waals surface area contributed by atoms with Crippen LogP contribution in [0.25, 0.3) is 0 Å². The average molecular weight is 1390 g/mol. The number of unbranched alkanes of at least 4 members (excludes halogenated alkanes) is 29. The van der Waals surface area contributed by atoms with Crippen molar-refractivity contribution in [2.45, 2.75) is 329 Å². The Labute approximate surface area is 582 Å². The first-order valence-corrected chi connectivity index (χ1v) is 40.5. The Morgan fingerprint density at radius 2 is 0.604 bits per heavy atom. The van der Waals surface area contributed by atoms with Gasteiger partial charge in [0.05, 0.1) is 32.8 Å². The molecule has 0 radical (unpaired) electrons. The molecule has 0 rings (SSSR count). The molecule has 0 aromatic carbocycles. The van der Waals surface area contributed by atoms with Crippen molar-refractivity contribution in [3.63, 3.8) is 0 Å². The molecule has 0 saturated carbocycles. The maximum absolute atomic E-state index is 13.1. The van der Waals surface area contributed by atoms with Gasteiger partial charge in [0.2, 0.25) is 0 Å². The van der Waals surface area contributed by atoms with E-state index in [2.05, 4.69) is 101 Å². The minimum atomic E-state index is -4.99. The van der Waals surface area contributed by atoms with Gasteiger partial charge in [-0.1, -0.05) is 279 Å². The van der Waals surface area contributed by atoms with Gasteiger partial charge in [-0.25, -0.2) is 9.13 Å². The average Bonchev–Trinajstić information content (AvgIpc) is 1.36. The number of aliphatic hydroxyl groups excluding tert-OH is 1. The van der Waals surface area contributed by atoms with Crippen LogP contribution in [0.4, 0.5) is 0 Å². The van der Waals surface area contributed by atoms with Gasteiger partial charge in [-0.15, -0.1) is 0 Å². The Bertz CT molecular complexity index is 2200. The predicted molar refractivity (Wildman–Crippen MR) is 390 cm³/mol. The molecule has 0 heterocycles. The van der Waals surface area contributed by atoms with Crippen molar-refractivity contribution in [2.75, 3.05) is 39.6 Å². The van der Waals surface area contributed by atoms with Crippen molar-refractivity contribution >= 4 is 39.5 Å². The SMILES string of the molecule is CC/C=C\C/C=C\C/C=C\C/C=C\C/C=C\CC(=O)OCC(COP(=O)(O)OCC(O)COP(=O)(O)OCC(COC(=O)CCCCCCC/C=C\C/C=C\CCC)OC(=O)CCCCCCC/C=C\CCCCCC)OC(=O)CCCCCCCCCCCCCCCCC. The molecule has 0 bridgehead atoms. The quantitative estimate of drug-likeness (QED) is 0.0169. The summed E-state index contributed by atoms with van der Waals surface area (Å²) in [5.41, 5.74) is 0. The molecule has 0 aromatic heterocycles. The van der Waals surface area contributed by atoms with Crippen LogP contribution < -0.4 is 0 Å². The first kappa shape index (κ1) is 92.0. The van der Waals surface area contributed by atoms with Crippen LogP contribution in [0.2, 0.25) is 0 Å². The number of phosphoric ester groups is 2. The van der Waals surface area contributed by atoms with Crippen molar-refractivity contribution in [1.82, 2.24) is 0 Å². The van der Waals surface area contributed by atoms with Crippen LogP contribution in [-0.2, 0) is 65.4 Å². The Hall–Kier alpha value is -4.02. The van der Waals surface area contributed by atoms with E-state index in [4.69, 9.17) is 37.0 Å². The van der Waals surface area contributed by atoms with E-state index in [9.17, 15) is 43.2 Å². The molecule has 96 heavy (non-hydrogen) atoms. The van der Waals surface area contributed by atoms with Crippen LogP contribution >= 0.6 is 15.6 Å². The van der Waals surface area contributed by atoms with Crippen molar-refractivity contribution in [2.24, 2.45) is 0 Å². The van der Waals surface area contributed by atoms with E-state index in [1.165, 1.54) is 89.9 Å². The second kappa shape index (κ2) is 69.5. The molecule has 0 amide bonds. The molecule has 0 spiro atoms. The summed E-state index contributed by atoms with van der Waals surface area (Å²) in [6.07, 6.45) is 71.5. The molecular weight excluding hydrogens is 1260 g/mol. The van der Waals surface area contributed by atoms with Gasteiger partial charge in [0.1, 0.15) is 19.3 Å². The van der Waals surface area contributed by atoms with Gasteiger partial charge in [0, 0.05) is 19.3 Å². The Morgan fingerprint density at radius 3 is 0.990 bits per heavy atom. The van der Waals surface area contributed by atoms with E-state index >= 15 is 0 Å². The number of phosphoric acid groups is 2. The summed E-state index contributed by atoms with van der Waals surface area (Å²) in [5.74, 6) is -2.33. The third-order valence-electron chi connectivity index (χ3n) is 15.5.